The Hall–Kier alpha value is -2.16. The number of anilines is 1. The molecule has 164 valence electrons. The van der Waals surface area contributed by atoms with Crippen molar-refractivity contribution < 1.29 is 9.84 Å². The molecule has 0 bridgehead atoms. The third-order valence-corrected chi connectivity index (χ3v) is 6.56. The summed E-state index contributed by atoms with van der Waals surface area (Å²) in [4.78, 5) is 2.44. The smallest absolute Gasteiger partial charge is 0.124 e. The van der Waals surface area contributed by atoms with Crippen LogP contribution >= 0.6 is 0 Å². The molecule has 0 unspecified atom stereocenters. The lowest BCUT2D eigenvalue weighted by atomic mass is 9.74. The largest absolute Gasteiger partial charge is 0.507 e. The quantitative estimate of drug-likeness (QED) is 0.534. The van der Waals surface area contributed by atoms with Crippen LogP contribution in [0.25, 0.3) is 11.6 Å². The van der Waals surface area contributed by atoms with Gasteiger partial charge in [-0.05, 0) is 63.7 Å². The predicted molar refractivity (Wildman–Crippen MR) is 129 cm³/mol. The second kappa shape index (κ2) is 8.53. The summed E-state index contributed by atoms with van der Waals surface area (Å²) in [5.74, 6) is 1.45. The Balaban J connectivity index is 2.02. The zero-order valence-electron chi connectivity index (χ0n) is 19.9. The minimum atomic E-state index is -0.0511. The van der Waals surface area contributed by atoms with E-state index >= 15 is 0 Å². The first kappa shape index (κ1) is 22.5. The van der Waals surface area contributed by atoms with Crippen LogP contribution in [0.4, 0.5) is 5.69 Å². The summed E-state index contributed by atoms with van der Waals surface area (Å²) < 4.78 is 5.76. The van der Waals surface area contributed by atoms with Crippen molar-refractivity contribution in [3.63, 3.8) is 0 Å². The molecule has 0 fully saturated rings. The normalized spacial score (nSPS) is 21.2. The first-order valence-corrected chi connectivity index (χ1v) is 11.5. The molecule has 3 rings (SSSR count). The highest BCUT2D eigenvalue weighted by molar-refractivity contribution is 5.84. The highest BCUT2D eigenvalue weighted by Crippen LogP contribution is 2.45. The summed E-state index contributed by atoms with van der Waals surface area (Å²) in [5.41, 5.74) is 5.87. The van der Waals surface area contributed by atoms with E-state index in [1.165, 1.54) is 16.7 Å². The molecular weight excluding hydrogens is 370 g/mol. The molecule has 30 heavy (non-hydrogen) atoms. The average molecular weight is 410 g/mol. The molecule has 0 amide bonds. The van der Waals surface area contributed by atoms with Crippen LogP contribution in [0.3, 0.4) is 0 Å². The van der Waals surface area contributed by atoms with E-state index in [1.54, 1.807) is 0 Å². The maximum absolute atomic E-state index is 11.0. The van der Waals surface area contributed by atoms with Gasteiger partial charge in [0, 0.05) is 35.8 Å². The van der Waals surface area contributed by atoms with Crippen LogP contribution in [0, 0.1) is 5.41 Å². The van der Waals surface area contributed by atoms with E-state index < -0.39 is 0 Å². The summed E-state index contributed by atoms with van der Waals surface area (Å²) in [6.45, 7) is 17.2. The number of rotatable bonds is 6. The molecule has 0 spiro atoms. The minimum absolute atomic E-state index is 0.0155. The van der Waals surface area contributed by atoms with Gasteiger partial charge in [0.2, 0.25) is 0 Å². The van der Waals surface area contributed by atoms with Gasteiger partial charge in [-0.25, -0.2) is 0 Å². The van der Waals surface area contributed by atoms with Crippen molar-refractivity contribution in [2.45, 2.75) is 79.7 Å². The summed E-state index contributed by atoms with van der Waals surface area (Å²) in [5, 5.41) is 11.0. The van der Waals surface area contributed by atoms with Gasteiger partial charge in [0.15, 0.2) is 0 Å². The van der Waals surface area contributed by atoms with Gasteiger partial charge >= 0.3 is 0 Å². The van der Waals surface area contributed by atoms with Crippen molar-refractivity contribution in [2.24, 2.45) is 5.41 Å². The van der Waals surface area contributed by atoms with Gasteiger partial charge in [0.05, 0.1) is 17.9 Å². The second-order valence-corrected chi connectivity index (χ2v) is 9.95. The van der Waals surface area contributed by atoms with E-state index in [4.69, 9.17) is 4.74 Å². The van der Waals surface area contributed by atoms with Crippen molar-refractivity contribution in [1.82, 2.24) is 0 Å². The molecule has 1 aliphatic heterocycles. The van der Waals surface area contributed by atoms with Crippen LogP contribution in [0.15, 0.2) is 35.6 Å². The van der Waals surface area contributed by atoms with Gasteiger partial charge in [0.25, 0.3) is 0 Å². The number of unbranched alkanes of at least 4 members (excludes halogenated alkanes) is 1. The molecule has 0 saturated heterocycles. The summed E-state index contributed by atoms with van der Waals surface area (Å²) in [6, 6.07) is 4.16. The Labute approximate surface area is 183 Å². The number of nitrogens with zero attached hydrogens (tertiary/aromatic N) is 1. The third kappa shape index (κ3) is 4.45. The molecule has 1 N–H and O–H groups in total. The van der Waals surface area contributed by atoms with Gasteiger partial charge in [-0.15, -0.1) is 0 Å². The van der Waals surface area contributed by atoms with Gasteiger partial charge in [0.1, 0.15) is 5.75 Å². The number of phenols is 1. The predicted octanol–water partition coefficient (Wildman–Crippen LogP) is 7.32. The maximum Gasteiger partial charge on any atom is 0.124 e. The van der Waals surface area contributed by atoms with E-state index in [9.17, 15) is 5.11 Å². The standard InChI is InChI=1S/C27H39NO2/c1-8-10-13-28-24-16-25(29)20(15-23(24)19(3)17-27(28,6)7)14-21-11-12-22(30-9-2)18-26(21,4)5/h12,14-17,29H,8-11,13,18H2,1-7H3/b21-14+. The summed E-state index contributed by atoms with van der Waals surface area (Å²) >= 11 is 0. The molecule has 3 heteroatoms. The molecular formula is C27H39NO2. The number of ether oxygens (including phenoxy) is 1. The number of allylic oxidation sites excluding steroid dienone is 4. The highest BCUT2D eigenvalue weighted by atomic mass is 16.5. The van der Waals surface area contributed by atoms with Crippen molar-refractivity contribution in [2.75, 3.05) is 18.1 Å². The number of benzene rings is 1. The fraction of sp³-hybridized carbons (Fsp3) is 0.556. The lowest BCUT2D eigenvalue weighted by Gasteiger charge is -2.43. The monoisotopic (exact) mass is 409 g/mol. The van der Waals surface area contributed by atoms with Crippen LogP contribution in [0.5, 0.6) is 5.75 Å². The van der Waals surface area contributed by atoms with Crippen molar-refractivity contribution in [3.8, 4) is 5.75 Å². The number of hydrogen-bond donors (Lipinski definition) is 1. The first-order chi connectivity index (χ1) is 14.1. The van der Waals surface area contributed by atoms with Crippen molar-refractivity contribution in [3.05, 3.63) is 46.7 Å². The van der Waals surface area contributed by atoms with Crippen LogP contribution in [0.1, 0.15) is 85.3 Å². The molecule has 0 atom stereocenters. The van der Waals surface area contributed by atoms with Crippen LogP contribution < -0.4 is 4.90 Å². The maximum atomic E-state index is 11.0. The Kier molecular flexibility index (Phi) is 6.40. The molecule has 2 aliphatic rings. The number of hydrogen-bond acceptors (Lipinski definition) is 3. The van der Waals surface area contributed by atoms with Gasteiger partial charge in [-0.1, -0.05) is 44.9 Å². The van der Waals surface area contributed by atoms with Crippen molar-refractivity contribution >= 4 is 17.3 Å². The molecule has 1 aliphatic carbocycles. The lowest BCUT2D eigenvalue weighted by Crippen LogP contribution is -2.45. The Morgan fingerprint density at radius 2 is 1.90 bits per heavy atom. The number of phenolic OH excluding ortho intramolecular Hbond substituents is 1. The number of aromatic hydroxyl groups is 1. The van der Waals surface area contributed by atoms with Gasteiger partial charge in [-0.2, -0.15) is 0 Å². The molecule has 0 aromatic heterocycles. The zero-order valence-corrected chi connectivity index (χ0v) is 19.9. The second-order valence-electron chi connectivity index (χ2n) is 9.95. The van der Waals surface area contributed by atoms with Gasteiger partial charge in [-0.3, -0.25) is 0 Å². The van der Waals surface area contributed by atoms with E-state index in [0.29, 0.717) is 12.4 Å². The Morgan fingerprint density at radius 3 is 2.53 bits per heavy atom. The van der Waals surface area contributed by atoms with Gasteiger partial charge < -0.3 is 14.7 Å². The average Bonchev–Trinajstić information content (AvgIpc) is 2.64. The van der Waals surface area contributed by atoms with Crippen LogP contribution in [0.2, 0.25) is 0 Å². The fourth-order valence-corrected chi connectivity index (χ4v) is 4.83. The van der Waals surface area contributed by atoms with Crippen LogP contribution in [-0.4, -0.2) is 23.8 Å². The Bertz CT molecular complexity index is 886. The molecule has 0 radical (unpaired) electrons. The van der Waals surface area contributed by atoms with E-state index in [0.717, 1.165) is 49.2 Å². The minimum Gasteiger partial charge on any atom is -0.507 e. The molecule has 0 saturated carbocycles. The topological polar surface area (TPSA) is 32.7 Å². The highest BCUT2D eigenvalue weighted by Gasteiger charge is 2.32. The van der Waals surface area contributed by atoms with E-state index in [1.807, 2.05) is 13.0 Å². The van der Waals surface area contributed by atoms with E-state index in [2.05, 4.69) is 70.7 Å². The molecule has 1 aromatic rings. The lowest BCUT2D eigenvalue weighted by molar-refractivity contribution is 0.189. The fourth-order valence-electron chi connectivity index (χ4n) is 4.83. The zero-order chi connectivity index (χ0) is 22.1. The third-order valence-electron chi connectivity index (χ3n) is 6.56. The Morgan fingerprint density at radius 1 is 1.17 bits per heavy atom. The SMILES string of the molecule is CCCCN1c2cc(O)c(/C=C3\CC=C(OCC)CC3(C)C)cc2C(C)=CC1(C)C. The number of fused-ring (bicyclic) bond motifs is 1. The molecule has 1 heterocycles. The molecule has 1 aromatic carbocycles. The van der Waals surface area contributed by atoms with Crippen molar-refractivity contribution in [1.29, 1.82) is 0 Å². The van der Waals surface area contributed by atoms with Crippen LogP contribution in [-0.2, 0) is 4.74 Å². The molecule has 3 nitrogen and oxygen atoms in total. The summed E-state index contributed by atoms with van der Waals surface area (Å²) in [6.07, 6.45) is 10.8. The van der Waals surface area contributed by atoms with E-state index in [-0.39, 0.29) is 11.0 Å². The summed E-state index contributed by atoms with van der Waals surface area (Å²) in [7, 11) is 0. The first-order valence-electron chi connectivity index (χ1n) is 11.5.